The molecule has 1 aromatic carbocycles. The lowest BCUT2D eigenvalue weighted by molar-refractivity contribution is 0.487. The van der Waals surface area contributed by atoms with Crippen molar-refractivity contribution < 1.29 is 0 Å². The molecule has 0 aliphatic heterocycles. The van der Waals surface area contributed by atoms with Gasteiger partial charge in [0, 0.05) is 18.5 Å². The molecule has 1 heterocycles. The fourth-order valence-electron chi connectivity index (χ4n) is 1.90. The van der Waals surface area contributed by atoms with E-state index in [0.29, 0.717) is 12.1 Å². The molecule has 1 aromatic heterocycles. The third kappa shape index (κ3) is 2.80. The molecule has 0 fully saturated rings. The summed E-state index contributed by atoms with van der Waals surface area (Å²) in [4.78, 5) is 4.64. The van der Waals surface area contributed by atoms with Gasteiger partial charge < -0.3 is 5.32 Å². The third-order valence-corrected chi connectivity index (χ3v) is 3.50. The van der Waals surface area contributed by atoms with Crippen LogP contribution in [-0.2, 0) is 6.42 Å². The number of hydrogen-bond donors (Lipinski definition) is 1. The maximum atomic E-state index is 4.64. The Morgan fingerprint density at radius 3 is 2.69 bits per heavy atom. The van der Waals surface area contributed by atoms with Gasteiger partial charge >= 0.3 is 0 Å². The van der Waals surface area contributed by atoms with Crippen LogP contribution < -0.4 is 5.32 Å². The van der Waals surface area contributed by atoms with Crippen molar-refractivity contribution in [2.24, 2.45) is 0 Å². The largest absolute Gasteiger partial charge is 0.312 e. The molecule has 2 aromatic rings. The lowest BCUT2D eigenvalue weighted by atomic mass is 10.2. The topological polar surface area (TPSA) is 24.9 Å². The molecule has 2 nitrogen and oxygen atoms in total. The van der Waals surface area contributed by atoms with Crippen LogP contribution in [0.4, 0.5) is 0 Å². The van der Waals surface area contributed by atoms with Gasteiger partial charge in [0.2, 0.25) is 0 Å². The second-order valence-electron chi connectivity index (χ2n) is 4.50. The maximum absolute atomic E-state index is 4.64. The maximum Gasteiger partial charge on any atom is 0.0954 e. The number of para-hydroxylation sites is 1. The summed E-state index contributed by atoms with van der Waals surface area (Å²) in [5.74, 6) is 0. The van der Waals surface area contributed by atoms with Crippen LogP contribution in [0.25, 0.3) is 10.2 Å². The summed E-state index contributed by atoms with van der Waals surface area (Å²) < 4.78 is 1.29. The van der Waals surface area contributed by atoms with Crippen LogP contribution in [0.5, 0.6) is 0 Å². The Bertz CT molecular complexity index is 429. The molecule has 0 spiro atoms. The minimum absolute atomic E-state index is 0.487. The number of benzene rings is 1. The smallest absolute Gasteiger partial charge is 0.0954 e. The Labute approximate surface area is 101 Å². The van der Waals surface area contributed by atoms with E-state index in [9.17, 15) is 0 Å². The van der Waals surface area contributed by atoms with E-state index in [1.807, 2.05) is 6.07 Å². The minimum atomic E-state index is 0.487. The molecule has 16 heavy (non-hydrogen) atoms. The molecule has 1 N–H and O–H groups in total. The van der Waals surface area contributed by atoms with Gasteiger partial charge in [0.05, 0.1) is 15.2 Å². The summed E-state index contributed by atoms with van der Waals surface area (Å²) in [7, 11) is 0. The quantitative estimate of drug-likeness (QED) is 0.878. The molecular formula is C13H18N2S. The summed E-state index contributed by atoms with van der Waals surface area (Å²) in [6.45, 7) is 6.57. The third-order valence-electron chi connectivity index (χ3n) is 2.44. The first-order valence-electron chi connectivity index (χ1n) is 5.75. The molecule has 0 amide bonds. The second-order valence-corrected chi connectivity index (χ2v) is 5.62. The zero-order valence-corrected chi connectivity index (χ0v) is 10.8. The Morgan fingerprint density at radius 2 is 2.00 bits per heavy atom. The molecule has 86 valence electrons. The summed E-state index contributed by atoms with van der Waals surface area (Å²) in [5.41, 5.74) is 1.12. The Morgan fingerprint density at radius 1 is 1.25 bits per heavy atom. The van der Waals surface area contributed by atoms with Gasteiger partial charge in [-0.3, -0.25) is 0 Å². The molecule has 1 unspecified atom stereocenters. The van der Waals surface area contributed by atoms with E-state index < -0.39 is 0 Å². The van der Waals surface area contributed by atoms with Crippen LogP contribution in [0.2, 0.25) is 0 Å². The van der Waals surface area contributed by atoms with Crippen molar-refractivity contribution in [1.29, 1.82) is 0 Å². The monoisotopic (exact) mass is 234 g/mol. The van der Waals surface area contributed by atoms with Gasteiger partial charge in [-0.1, -0.05) is 26.0 Å². The summed E-state index contributed by atoms with van der Waals surface area (Å²) in [6.07, 6.45) is 1.01. The van der Waals surface area contributed by atoms with Crippen molar-refractivity contribution in [1.82, 2.24) is 10.3 Å². The lowest BCUT2D eigenvalue weighted by Gasteiger charge is -2.14. The van der Waals surface area contributed by atoms with Gasteiger partial charge in [-0.15, -0.1) is 11.3 Å². The first-order valence-corrected chi connectivity index (χ1v) is 6.57. The van der Waals surface area contributed by atoms with E-state index in [-0.39, 0.29) is 0 Å². The van der Waals surface area contributed by atoms with Crippen molar-refractivity contribution in [2.75, 3.05) is 0 Å². The molecule has 0 bridgehead atoms. The highest BCUT2D eigenvalue weighted by molar-refractivity contribution is 7.18. The van der Waals surface area contributed by atoms with Gasteiger partial charge in [-0.05, 0) is 19.1 Å². The van der Waals surface area contributed by atoms with E-state index >= 15 is 0 Å². The van der Waals surface area contributed by atoms with Gasteiger partial charge in [0.25, 0.3) is 0 Å². The molecule has 0 aliphatic rings. The van der Waals surface area contributed by atoms with Gasteiger partial charge in [-0.25, -0.2) is 4.98 Å². The first kappa shape index (κ1) is 11.6. The number of fused-ring (bicyclic) bond motifs is 1. The first-order chi connectivity index (χ1) is 7.65. The van der Waals surface area contributed by atoms with Crippen LogP contribution in [0.1, 0.15) is 25.8 Å². The number of thiazole rings is 1. The standard InChI is InChI=1S/C13H18N2S/c1-9(2)14-10(3)8-13-15-11-6-4-5-7-12(11)16-13/h4-7,9-10,14H,8H2,1-3H3. The van der Waals surface area contributed by atoms with Gasteiger partial charge in [-0.2, -0.15) is 0 Å². The van der Waals surface area contributed by atoms with Gasteiger partial charge in [0.15, 0.2) is 0 Å². The number of nitrogens with zero attached hydrogens (tertiary/aromatic N) is 1. The van der Waals surface area contributed by atoms with Gasteiger partial charge in [0.1, 0.15) is 0 Å². The number of rotatable bonds is 4. The average molecular weight is 234 g/mol. The predicted molar refractivity (Wildman–Crippen MR) is 71.1 cm³/mol. The van der Waals surface area contributed by atoms with E-state index in [1.54, 1.807) is 11.3 Å². The molecule has 3 heteroatoms. The van der Waals surface area contributed by atoms with Crippen molar-refractivity contribution in [3.63, 3.8) is 0 Å². The molecule has 0 radical (unpaired) electrons. The zero-order valence-electron chi connectivity index (χ0n) is 10.0. The van der Waals surface area contributed by atoms with Crippen molar-refractivity contribution in [2.45, 2.75) is 39.3 Å². The molecular weight excluding hydrogens is 216 g/mol. The van der Waals surface area contributed by atoms with Crippen LogP contribution in [-0.4, -0.2) is 17.1 Å². The molecule has 0 saturated heterocycles. The summed E-state index contributed by atoms with van der Waals surface area (Å²) in [5, 5.41) is 4.73. The van der Waals surface area contributed by atoms with Crippen LogP contribution in [0, 0.1) is 0 Å². The average Bonchev–Trinajstić information content (AvgIpc) is 2.57. The fraction of sp³-hybridized carbons (Fsp3) is 0.462. The van der Waals surface area contributed by atoms with E-state index in [2.05, 4.69) is 49.3 Å². The van der Waals surface area contributed by atoms with Crippen molar-refractivity contribution in [3.05, 3.63) is 29.3 Å². The predicted octanol–water partition coefficient (Wildman–Crippen LogP) is 3.23. The fourth-order valence-corrected chi connectivity index (χ4v) is 2.99. The van der Waals surface area contributed by atoms with E-state index in [0.717, 1.165) is 11.9 Å². The molecule has 0 aliphatic carbocycles. The molecule has 1 atom stereocenters. The number of hydrogen-bond acceptors (Lipinski definition) is 3. The number of aromatic nitrogens is 1. The summed E-state index contributed by atoms with van der Waals surface area (Å²) in [6, 6.07) is 9.35. The number of nitrogens with one attached hydrogen (secondary N) is 1. The lowest BCUT2D eigenvalue weighted by Crippen LogP contribution is -2.33. The van der Waals surface area contributed by atoms with Crippen molar-refractivity contribution in [3.8, 4) is 0 Å². The zero-order chi connectivity index (χ0) is 11.5. The van der Waals surface area contributed by atoms with E-state index in [1.165, 1.54) is 9.71 Å². The van der Waals surface area contributed by atoms with Crippen molar-refractivity contribution >= 4 is 21.6 Å². The van der Waals surface area contributed by atoms with E-state index in [4.69, 9.17) is 0 Å². The molecule has 2 rings (SSSR count). The Balaban J connectivity index is 2.09. The normalized spacial score (nSPS) is 13.5. The second kappa shape index (κ2) is 4.93. The van der Waals surface area contributed by atoms with Crippen LogP contribution in [0.3, 0.4) is 0 Å². The summed E-state index contributed by atoms with van der Waals surface area (Å²) >= 11 is 1.80. The van der Waals surface area contributed by atoms with Crippen LogP contribution >= 0.6 is 11.3 Å². The highest BCUT2D eigenvalue weighted by atomic mass is 32.1. The highest BCUT2D eigenvalue weighted by Gasteiger charge is 2.08. The minimum Gasteiger partial charge on any atom is -0.312 e. The highest BCUT2D eigenvalue weighted by Crippen LogP contribution is 2.22. The van der Waals surface area contributed by atoms with Crippen LogP contribution in [0.15, 0.2) is 24.3 Å². The Hall–Kier alpha value is -0.930. The Kier molecular flexibility index (Phi) is 3.56. The SMILES string of the molecule is CC(C)NC(C)Cc1nc2ccccc2s1. The molecule has 0 saturated carbocycles.